The molecule has 0 aliphatic carbocycles. The number of hydrogen-bond donors (Lipinski definition) is 1. The van der Waals surface area contributed by atoms with Crippen LogP contribution in [0.2, 0.25) is 0 Å². The third-order valence-electron chi connectivity index (χ3n) is 3.88. The normalized spacial score (nSPS) is 15.0. The van der Waals surface area contributed by atoms with Gasteiger partial charge in [0.05, 0.1) is 24.9 Å². The van der Waals surface area contributed by atoms with Crippen LogP contribution in [0.1, 0.15) is 17.2 Å². The highest BCUT2D eigenvalue weighted by atomic mass is 16.5. The summed E-state index contributed by atoms with van der Waals surface area (Å²) in [6.07, 6.45) is 0. The van der Waals surface area contributed by atoms with Crippen molar-refractivity contribution in [1.29, 1.82) is 0 Å². The van der Waals surface area contributed by atoms with Gasteiger partial charge in [0.1, 0.15) is 5.75 Å². The smallest absolute Gasteiger partial charge is 0.265 e. The molecule has 1 atom stereocenters. The molecule has 1 aliphatic heterocycles. The zero-order valence-corrected chi connectivity index (χ0v) is 13.1. The minimum Gasteiger partial charge on any atom is -0.482 e. The molecule has 0 saturated carbocycles. The van der Waals surface area contributed by atoms with Crippen LogP contribution in [0, 0.1) is 0 Å². The van der Waals surface area contributed by atoms with Crippen LogP contribution in [0.4, 0.5) is 5.69 Å². The summed E-state index contributed by atoms with van der Waals surface area (Å²) in [5, 5.41) is 0. The SMILES string of the molecule is COCC(N)c1ccc2c(c1)N(Cc1ccccc1)C(=O)CO2. The number of nitrogens with two attached hydrogens (primary N) is 1. The molecule has 1 heterocycles. The Morgan fingerprint density at radius 3 is 2.78 bits per heavy atom. The molecule has 1 aliphatic rings. The van der Waals surface area contributed by atoms with E-state index in [1.165, 1.54) is 0 Å². The van der Waals surface area contributed by atoms with E-state index in [2.05, 4.69) is 0 Å². The van der Waals surface area contributed by atoms with Crippen molar-refractivity contribution in [3.8, 4) is 5.75 Å². The third kappa shape index (κ3) is 3.36. The summed E-state index contributed by atoms with van der Waals surface area (Å²) in [4.78, 5) is 14.1. The van der Waals surface area contributed by atoms with Crippen molar-refractivity contribution < 1.29 is 14.3 Å². The molecular formula is C18H20N2O3. The molecule has 0 bridgehead atoms. The zero-order chi connectivity index (χ0) is 16.2. The van der Waals surface area contributed by atoms with Gasteiger partial charge in [0.2, 0.25) is 0 Å². The minimum atomic E-state index is -0.235. The van der Waals surface area contributed by atoms with Gasteiger partial charge < -0.3 is 20.1 Å². The second-order valence-electron chi connectivity index (χ2n) is 5.54. The first kappa shape index (κ1) is 15.5. The highest BCUT2D eigenvalue weighted by Gasteiger charge is 2.26. The lowest BCUT2D eigenvalue weighted by Crippen LogP contribution is -2.38. The Bertz CT molecular complexity index is 688. The Kier molecular flexibility index (Phi) is 4.60. The van der Waals surface area contributed by atoms with E-state index in [1.807, 2.05) is 48.5 Å². The van der Waals surface area contributed by atoms with Crippen molar-refractivity contribution in [2.24, 2.45) is 5.73 Å². The summed E-state index contributed by atoms with van der Waals surface area (Å²) in [5.74, 6) is 0.646. The molecule has 2 aromatic carbocycles. The topological polar surface area (TPSA) is 64.8 Å². The van der Waals surface area contributed by atoms with E-state index in [0.717, 1.165) is 16.8 Å². The van der Waals surface area contributed by atoms with E-state index >= 15 is 0 Å². The monoisotopic (exact) mass is 312 g/mol. The lowest BCUT2D eigenvalue weighted by atomic mass is 10.1. The van der Waals surface area contributed by atoms with Crippen molar-refractivity contribution >= 4 is 11.6 Å². The first-order chi connectivity index (χ1) is 11.2. The first-order valence-electron chi connectivity index (χ1n) is 7.54. The lowest BCUT2D eigenvalue weighted by Gasteiger charge is -2.30. The average molecular weight is 312 g/mol. The number of rotatable bonds is 5. The fraction of sp³-hybridized carbons (Fsp3) is 0.278. The van der Waals surface area contributed by atoms with Gasteiger partial charge in [-0.05, 0) is 23.3 Å². The van der Waals surface area contributed by atoms with Gasteiger partial charge >= 0.3 is 0 Å². The number of anilines is 1. The second kappa shape index (κ2) is 6.81. The van der Waals surface area contributed by atoms with E-state index in [-0.39, 0.29) is 18.6 Å². The number of ether oxygens (including phenoxy) is 2. The molecule has 3 rings (SSSR count). The quantitative estimate of drug-likeness (QED) is 0.920. The predicted molar refractivity (Wildman–Crippen MR) is 88.4 cm³/mol. The number of benzene rings is 2. The van der Waals surface area contributed by atoms with Crippen molar-refractivity contribution in [3.05, 3.63) is 59.7 Å². The molecule has 5 nitrogen and oxygen atoms in total. The van der Waals surface area contributed by atoms with Crippen molar-refractivity contribution in [3.63, 3.8) is 0 Å². The van der Waals surface area contributed by atoms with E-state index < -0.39 is 0 Å². The molecule has 0 radical (unpaired) electrons. The molecule has 0 spiro atoms. The summed E-state index contributed by atoms with van der Waals surface area (Å²) in [6, 6.07) is 15.4. The second-order valence-corrected chi connectivity index (χ2v) is 5.54. The van der Waals surface area contributed by atoms with E-state index in [4.69, 9.17) is 15.2 Å². The Hall–Kier alpha value is -2.37. The molecule has 23 heavy (non-hydrogen) atoms. The molecule has 0 fully saturated rings. The van der Waals surface area contributed by atoms with Crippen LogP contribution in [-0.2, 0) is 16.1 Å². The molecule has 120 valence electrons. The predicted octanol–water partition coefficient (Wildman–Crippen LogP) is 2.26. The van der Waals surface area contributed by atoms with Gasteiger partial charge in [-0.25, -0.2) is 0 Å². The fourth-order valence-electron chi connectivity index (χ4n) is 2.66. The maximum absolute atomic E-state index is 12.3. The highest BCUT2D eigenvalue weighted by molar-refractivity contribution is 5.97. The Balaban J connectivity index is 1.92. The van der Waals surface area contributed by atoms with Crippen LogP contribution >= 0.6 is 0 Å². The van der Waals surface area contributed by atoms with Gasteiger partial charge in [-0.2, -0.15) is 0 Å². The summed E-state index contributed by atoms with van der Waals surface area (Å²) in [5.41, 5.74) is 8.85. The first-order valence-corrected chi connectivity index (χ1v) is 7.54. The molecule has 5 heteroatoms. The van der Waals surface area contributed by atoms with Crippen LogP contribution in [0.5, 0.6) is 5.75 Å². The molecule has 1 amide bonds. The lowest BCUT2D eigenvalue weighted by molar-refractivity contribution is -0.121. The Labute approximate surface area is 135 Å². The number of methoxy groups -OCH3 is 1. The maximum Gasteiger partial charge on any atom is 0.265 e. The molecule has 2 aromatic rings. The van der Waals surface area contributed by atoms with Crippen molar-refractivity contribution in [2.75, 3.05) is 25.2 Å². The number of nitrogens with zero attached hydrogens (tertiary/aromatic N) is 1. The van der Waals surface area contributed by atoms with Crippen LogP contribution in [-0.4, -0.2) is 26.2 Å². The van der Waals surface area contributed by atoms with Crippen LogP contribution in [0.3, 0.4) is 0 Å². The van der Waals surface area contributed by atoms with Crippen LogP contribution in [0.25, 0.3) is 0 Å². The van der Waals surface area contributed by atoms with Crippen molar-refractivity contribution in [1.82, 2.24) is 0 Å². The van der Waals surface area contributed by atoms with Gasteiger partial charge in [-0.15, -0.1) is 0 Å². The summed E-state index contributed by atoms with van der Waals surface area (Å²) < 4.78 is 10.6. The molecule has 0 saturated heterocycles. The maximum atomic E-state index is 12.3. The molecule has 2 N–H and O–H groups in total. The largest absolute Gasteiger partial charge is 0.482 e. The summed E-state index contributed by atoms with van der Waals surface area (Å²) in [6.45, 7) is 0.995. The van der Waals surface area contributed by atoms with Gasteiger partial charge in [-0.1, -0.05) is 36.4 Å². The highest BCUT2D eigenvalue weighted by Crippen LogP contribution is 2.35. The standard InChI is InChI=1S/C18H20N2O3/c1-22-11-15(19)14-7-8-17-16(9-14)20(18(21)12-23-17)10-13-5-3-2-4-6-13/h2-9,15H,10-12,19H2,1H3. The fourth-order valence-corrected chi connectivity index (χ4v) is 2.66. The minimum absolute atomic E-state index is 0.0567. The number of carbonyl (C=O) groups excluding carboxylic acids is 1. The van der Waals surface area contributed by atoms with Gasteiger partial charge in [0.25, 0.3) is 5.91 Å². The zero-order valence-electron chi connectivity index (χ0n) is 13.1. The van der Waals surface area contributed by atoms with Crippen LogP contribution < -0.4 is 15.4 Å². The number of carbonyl (C=O) groups is 1. The molecule has 0 aromatic heterocycles. The average Bonchev–Trinajstić information content (AvgIpc) is 2.58. The van der Waals surface area contributed by atoms with Crippen molar-refractivity contribution in [2.45, 2.75) is 12.6 Å². The van der Waals surface area contributed by atoms with Crippen LogP contribution in [0.15, 0.2) is 48.5 Å². The molecule has 1 unspecified atom stereocenters. The molecular weight excluding hydrogens is 292 g/mol. The number of fused-ring (bicyclic) bond motifs is 1. The van der Waals surface area contributed by atoms with E-state index in [1.54, 1.807) is 12.0 Å². The van der Waals surface area contributed by atoms with Gasteiger partial charge in [0, 0.05) is 7.11 Å². The van der Waals surface area contributed by atoms with E-state index in [0.29, 0.717) is 18.9 Å². The third-order valence-corrected chi connectivity index (χ3v) is 3.88. The van der Waals surface area contributed by atoms with Gasteiger partial charge in [0.15, 0.2) is 6.61 Å². The van der Waals surface area contributed by atoms with Gasteiger partial charge in [-0.3, -0.25) is 4.79 Å². The Morgan fingerprint density at radius 2 is 2.04 bits per heavy atom. The number of hydrogen-bond acceptors (Lipinski definition) is 4. The number of amides is 1. The summed E-state index contributed by atoms with van der Waals surface area (Å²) in [7, 11) is 1.62. The Morgan fingerprint density at radius 1 is 1.26 bits per heavy atom. The van der Waals surface area contributed by atoms with E-state index in [9.17, 15) is 4.79 Å². The summed E-state index contributed by atoms with van der Waals surface area (Å²) >= 11 is 0.